The van der Waals surface area contributed by atoms with Gasteiger partial charge in [-0.15, -0.1) is 11.3 Å². The molecule has 3 aromatic carbocycles. The van der Waals surface area contributed by atoms with Crippen molar-refractivity contribution in [1.29, 1.82) is 0 Å². The number of carbonyl (C=O) groups excluding carboxylic acids is 1. The summed E-state index contributed by atoms with van der Waals surface area (Å²) >= 11 is 7.25. The van der Waals surface area contributed by atoms with Crippen molar-refractivity contribution >= 4 is 60.3 Å². The van der Waals surface area contributed by atoms with Gasteiger partial charge in [0.05, 0.1) is 15.5 Å². The highest BCUT2D eigenvalue weighted by Gasteiger charge is 2.22. The molecule has 8 heteroatoms. The number of sulfonamides is 1. The molecule has 1 N–H and O–H groups in total. The van der Waals surface area contributed by atoms with Crippen LogP contribution in [0.15, 0.2) is 77.7 Å². The van der Waals surface area contributed by atoms with E-state index in [1.807, 2.05) is 37.3 Å². The van der Waals surface area contributed by atoms with Crippen molar-refractivity contribution < 1.29 is 13.2 Å². The molecule has 4 aromatic rings. The zero-order valence-corrected chi connectivity index (χ0v) is 19.9. The number of amides is 1. The molecule has 32 heavy (non-hydrogen) atoms. The highest BCUT2D eigenvalue weighted by molar-refractivity contribution is 7.92. The first kappa shape index (κ1) is 22.3. The molecule has 0 aliphatic heterocycles. The summed E-state index contributed by atoms with van der Waals surface area (Å²) in [6.07, 6.45) is 0.820. The van der Waals surface area contributed by atoms with E-state index in [0.29, 0.717) is 15.6 Å². The van der Waals surface area contributed by atoms with Crippen LogP contribution in [0.2, 0.25) is 5.02 Å². The lowest BCUT2D eigenvalue weighted by Crippen LogP contribution is -2.26. The molecule has 1 aromatic heterocycles. The Kier molecular flexibility index (Phi) is 6.24. The van der Waals surface area contributed by atoms with Crippen LogP contribution in [0.3, 0.4) is 0 Å². The Balaban J connectivity index is 1.61. The third kappa shape index (κ3) is 4.37. The van der Waals surface area contributed by atoms with Crippen LogP contribution in [0.4, 0.5) is 11.4 Å². The molecule has 1 heterocycles. The number of aryl methyl sites for hydroxylation is 1. The summed E-state index contributed by atoms with van der Waals surface area (Å²) in [7, 11) is -2.23. The van der Waals surface area contributed by atoms with Crippen LogP contribution < -0.4 is 9.62 Å². The van der Waals surface area contributed by atoms with Gasteiger partial charge in [-0.2, -0.15) is 0 Å². The molecule has 0 aliphatic carbocycles. The van der Waals surface area contributed by atoms with Gasteiger partial charge in [0, 0.05) is 22.5 Å². The second-order valence-corrected chi connectivity index (χ2v) is 10.7. The molecule has 0 saturated carbocycles. The normalized spacial score (nSPS) is 11.5. The van der Waals surface area contributed by atoms with E-state index in [4.69, 9.17) is 11.6 Å². The SMILES string of the molecule is CCc1ccccc1NC(=O)c1cc2cc(N(C)S(=O)(=O)c3ccc(Cl)cc3)ccc2s1. The van der Waals surface area contributed by atoms with Crippen molar-refractivity contribution in [2.45, 2.75) is 18.2 Å². The average molecular weight is 485 g/mol. The maximum Gasteiger partial charge on any atom is 0.265 e. The number of hydrogen-bond donors (Lipinski definition) is 1. The lowest BCUT2D eigenvalue weighted by Gasteiger charge is -2.19. The molecule has 0 unspecified atom stereocenters. The van der Waals surface area contributed by atoms with Gasteiger partial charge in [0.1, 0.15) is 0 Å². The second-order valence-electron chi connectivity index (χ2n) is 7.22. The number of thiophene rings is 1. The van der Waals surface area contributed by atoms with Gasteiger partial charge in [0.15, 0.2) is 0 Å². The quantitative estimate of drug-likeness (QED) is 0.354. The number of rotatable bonds is 6. The summed E-state index contributed by atoms with van der Waals surface area (Å²) in [5.74, 6) is -0.184. The van der Waals surface area contributed by atoms with Crippen LogP contribution in [0.1, 0.15) is 22.2 Å². The number of fused-ring (bicyclic) bond motifs is 1. The fourth-order valence-electron chi connectivity index (χ4n) is 3.38. The van der Waals surface area contributed by atoms with Crippen molar-refractivity contribution in [3.63, 3.8) is 0 Å². The van der Waals surface area contributed by atoms with Crippen molar-refractivity contribution in [2.75, 3.05) is 16.7 Å². The van der Waals surface area contributed by atoms with Gasteiger partial charge in [0.2, 0.25) is 0 Å². The summed E-state index contributed by atoms with van der Waals surface area (Å²) in [6.45, 7) is 2.04. The van der Waals surface area contributed by atoms with Crippen molar-refractivity contribution in [3.05, 3.63) is 88.3 Å². The first-order chi connectivity index (χ1) is 15.3. The minimum absolute atomic E-state index is 0.157. The minimum Gasteiger partial charge on any atom is -0.321 e. The predicted octanol–water partition coefficient (Wildman–Crippen LogP) is 6.19. The van der Waals surface area contributed by atoms with Crippen LogP contribution in [0.25, 0.3) is 10.1 Å². The topological polar surface area (TPSA) is 66.5 Å². The summed E-state index contributed by atoms with van der Waals surface area (Å²) in [5, 5.41) is 4.26. The van der Waals surface area contributed by atoms with Crippen LogP contribution in [-0.4, -0.2) is 21.4 Å². The van der Waals surface area contributed by atoms with E-state index in [1.165, 1.54) is 34.8 Å². The molecule has 1 amide bonds. The van der Waals surface area contributed by atoms with Gasteiger partial charge in [-0.25, -0.2) is 8.42 Å². The Morgan fingerprint density at radius 2 is 1.75 bits per heavy atom. The highest BCUT2D eigenvalue weighted by atomic mass is 35.5. The molecule has 0 bridgehead atoms. The molecule has 0 fully saturated rings. The Morgan fingerprint density at radius 3 is 2.47 bits per heavy atom. The van der Waals surface area contributed by atoms with Crippen molar-refractivity contribution in [2.24, 2.45) is 0 Å². The maximum absolute atomic E-state index is 13.0. The van der Waals surface area contributed by atoms with Crippen molar-refractivity contribution in [1.82, 2.24) is 0 Å². The Morgan fingerprint density at radius 1 is 1.03 bits per heavy atom. The number of benzene rings is 3. The fraction of sp³-hybridized carbons (Fsp3) is 0.125. The number of nitrogens with one attached hydrogen (secondary N) is 1. The van der Waals surface area contributed by atoms with E-state index in [2.05, 4.69) is 5.32 Å². The van der Waals surface area contributed by atoms with E-state index < -0.39 is 10.0 Å². The van der Waals surface area contributed by atoms with Gasteiger partial charge >= 0.3 is 0 Å². The molecule has 4 rings (SSSR count). The molecule has 0 saturated heterocycles. The molecule has 0 aliphatic rings. The van der Waals surface area contributed by atoms with Crippen LogP contribution >= 0.6 is 22.9 Å². The number of hydrogen-bond acceptors (Lipinski definition) is 4. The van der Waals surface area contributed by atoms with Gasteiger partial charge in [0.25, 0.3) is 15.9 Å². The monoisotopic (exact) mass is 484 g/mol. The Labute approximate surface area is 196 Å². The average Bonchev–Trinajstić information content (AvgIpc) is 3.23. The van der Waals surface area contributed by atoms with E-state index in [0.717, 1.165) is 27.8 Å². The first-order valence-corrected chi connectivity index (χ1v) is 12.6. The van der Waals surface area contributed by atoms with Crippen LogP contribution in [0.5, 0.6) is 0 Å². The van der Waals surface area contributed by atoms with E-state index >= 15 is 0 Å². The standard InChI is InChI=1S/C24H21ClN2O3S2/c1-3-16-6-4-5-7-21(16)26-24(28)23-15-17-14-19(10-13-22(17)31-23)27(2)32(29,30)20-11-8-18(25)9-12-20/h4-15H,3H2,1-2H3,(H,26,28). The summed E-state index contributed by atoms with van der Waals surface area (Å²) in [5.41, 5.74) is 2.37. The fourth-order valence-corrected chi connectivity index (χ4v) is 5.63. The van der Waals surface area contributed by atoms with Gasteiger partial charge in [-0.05, 0) is 72.0 Å². The predicted molar refractivity (Wildman–Crippen MR) is 133 cm³/mol. The number of nitrogens with zero attached hydrogens (tertiary/aromatic N) is 1. The number of halogens is 1. The Hall–Kier alpha value is -2.87. The molecule has 164 valence electrons. The number of para-hydroxylation sites is 1. The second kappa shape index (κ2) is 8.94. The summed E-state index contributed by atoms with van der Waals surface area (Å²) < 4.78 is 28.1. The van der Waals surface area contributed by atoms with Gasteiger partial charge < -0.3 is 5.32 Å². The highest BCUT2D eigenvalue weighted by Crippen LogP contribution is 2.32. The van der Waals surface area contributed by atoms with Crippen molar-refractivity contribution in [3.8, 4) is 0 Å². The van der Waals surface area contributed by atoms with E-state index in [9.17, 15) is 13.2 Å². The molecule has 0 spiro atoms. The zero-order valence-electron chi connectivity index (χ0n) is 17.5. The Bertz CT molecular complexity index is 1400. The third-order valence-electron chi connectivity index (χ3n) is 5.21. The van der Waals surface area contributed by atoms with E-state index in [-0.39, 0.29) is 10.8 Å². The largest absolute Gasteiger partial charge is 0.321 e. The minimum atomic E-state index is -3.74. The molecular weight excluding hydrogens is 464 g/mol. The number of carbonyl (C=O) groups is 1. The molecule has 5 nitrogen and oxygen atoms in total. The van der Waals surface area contributed by atoms with Gasteiger partial charge in [-0.1, -0.05) is 36.7 Å². The van der Waals surface area contributed by atoms with Crippen LogP contribution in [-0.2, 0) is 16.4 Å². The molecular formula is C24H21ClN2O3S2. The van der Waals surface area contributed by atoms with Gasteiger partial charge in [-0.3, -0.25) is 9.10 Å². The van der Waals surface area contributed by atoms with Crippen LogP contribution in [0, 0.1) is 0 Å². The summed E-state index contributed by atoms with van der Waals surface area (Å²) in [6, 6.07) is 20.9. The lowest BCUT2D eigenvalue weighted by atomic mass is 10.1. The first-order valence-electron chi connectivity index (χ1n) is 9.97. The summed E-state index contributed by atoms with van der Waals surface area (Å²) in [4.78, 5) is 13.5. The maximum atomic E-state index is 13.0. The number of anilines is 2. The third-order valence-corrected chi connectivity index (χ3v) is 8.37. The molecule has 0 radical (unpaired) electrons. The lowest BCUT2D eigenvalue weighted by molar-refractivity contribution is 0.103. The molecule has 0 atom stereocenters. The van der Waals surface area contributed by atoms with E-state index in [1.54, 1.807) is 30.3 Å². The smallest absolute Gasteiger partial charge is 0.265 e. The zero-order chi connectivity index (χ0) is 22.9.